The van der Waals surface area contributed by atoms with Gasteiger partial charge in [-0.15, -0.1) is 5.98 Å². The van der Waals surface area contributed by atoms with E-state index in [0.29, 0.717) is 0 Å². The van der Waals surface area contributed by atoms with Crippen molar-refractivity contribution in [3.05, 3.63) is 12.1 Å². The van der Waals surface area contributed by atoms with Crippen molar-refractivity contribution >= 4 is 6.71 Å². The van der Waals surface area contributed by atoms with E-state index in [1.165, 1.54) is 96.3 Å². The van der Waals surface area contributed by atoms with Gasteiger partial charge >= 0.3 is 0 Å². The van der Waals surface area contributed by atoms with Gasteiger partial charge in [-0.25, -0.2) is 0 Å². The molecule has 2 fully saturated rings. The van der Waals surface area contributed by atoms with Crippen LogP contribution in [0.1, 0.15) is 103 Å². The Balaban J connectivity index is 1.83. The lowest BCUT2D eigenvalue weighted by atomic mass is 9.30. The molecule has 0 radical (unpaired) electrons. The van der Waals surface area contributed by atoms with Gasteiger partial charge in [-0.1, -0.05) is 108 Å². The molecule has 1 heteroatoms. The molecular formula is C20H37B. The van der Waals surface area contributed by atoms with Crippen LogP contribution in [0.25, 0.3) is 0 Å². The zero-order valence-corrected chi connectivity index (χ0v) is 14.5. The van der Waals surface area contributed by atoms with Crippen LogP contribution in [0.4, 0.5) is 0 Å². The quantitative estimate of drug-likeness (QED) is 0.327. The van der Waals surface area contributed by atoms with Crippen LogP contribution in [0, 0.1) is 0 Å². The first-order valence-corrected chi connectivity index (χ1v) is 10.1. The Kier molecular flexibility index (Phi) is 8.60. The fourth-order valence-electron chi connectivity index (χ4n) is 4.68. The van der Waals surface area contributed by atoms with Gasteiger partial charge in [0.2, 0.25) is 0 Å². The standard InChI is InChI=1S/C20H37B/c1-2-3-4-5-6-13-18-21(19-14-9-7-10-15-19)20-16-11-8-12-17-20/h13,18-20H,2-12,14-17H2,1H3. The van der Waals surface area contributed by atoms with Crippen LogP contribution < -0.4 is 0 Å². The number of hydrogen-bond donors (Lipinski definition) is 0. The Morgan fingerprint density at radius 1 is 0.762 bits per heavy atom. The second-order valence-corrected chi connectivity index (χ2v) is 7.65. The largest absolute Gasteiger partial charge is 0.172 e. The first-order chi connectivity index (χ1) is 10.4. The molecule has 0 aromatic rings. The molecule has 0 nitrogen and oxygen atoms in total. The van der Waals surface area contributed by atoms with Gasteiger partial charge in [-0.2, -0.15) is 0 Å². The summed E-state index contributed by atoms with van der Waals surface area (Å²) in [5.74, 6) is 4.72. The van der Waals surface area contributed by atoms with Crippen molar-refractivity contribution in [3.8, 4) is 0 Å². The molecule has 0 unspecified atom stereocenters. The average molecular weight is 288 g/mol. The Morgan fingerprint density at radius 3 is 1.86 bits per heavy atom. The summed E-state index contributed by atoms with van der Waals surface area (Å²) in [6, 6.07) is 0. The molecule has 0 N–H and O–H groups in total. The lowest BCUT2D eigenvalue weighted by Gasteiger charge is -2.34. The third kappa shape index (κ3) is 6.21. The molecule has 0 aromatic carbocycles. The van der Waals surface area contributed by atoms with Gasteiger partial charge < -0.3 is 0 Å². The van der Waals surface area contributed by atoms with Crippen molar-refractivity contribution in [2.75, 3.05) is 0 Å². The normalized spacial score (nSPS) is 22.0. The van der Waals surface area contributed by atoms with Crippen molar-refractivity contribution < 1.29 is 0 Å². The van der Waals surface area contributed by atoms with Crippen LogP contribution in [0.15, 0.2) is 12.1 Å². The van der Waals surface area contributed by atoms with E-state index < -0.39 is 0 Å². The van der Waals surface area contributed by atoms with Crippen molar-refractivity contribution in [3.63, 3.8) is 0 Å². The summed E-state index contributed by atoms with van der Waals surface area (Å²) >= 11 is 0. The minimum atomic E-state index is 0.928. The van der Waals surface area contributed by atoms with Gasteiger partial charge in [0.25, 0.3) is 0 Å². The fourth-order valence-corrected chi connectivity index (χ4v) is 4.68. The fraction of sp³-hybridized carbons (Fsp3) is 0.900. The molecule has 2 aliphatic carbocycles. The van der Waals surface area contributed by atoms with Gasteiger partial charge in [-0.3, -0.25) is 0 Å². The molecule has 0 aromatic heterocycles. The van der Waals surface area contributed by atoms with Gasteiger partial charge in [0, 0.05) is 0 Å². The highest BCUT2D eigenvalue weighted by molar-refractivity contribution is 6.67. The molecule has 21 heavy (non-hydrogen) atoms. The Morgan fingerprint density at radius 2 is 1.33 bits per heavy atom. The van der Waals surface area contributed by atoms with Gasteiger partial charge in [0.05, 0.1) is 0 Å². The number of allylic oxidation sites excluding steroid dienone is 1. The maximum Gasteiger partial charge on any atom is 0.172 e. The molecule has 2 saturated carbocycles. The van der Waals surface area contributed by atoms with E-state index in [9.17, 15) is 0 Å². The molecule has 0 amide bonds. The summed E-state index contributed by atoms with van der Waals surface area (Å²) in [6.07, 6.45) is 24.5. The number of rotatable bonds is 8. The Bertz CT molecular complexity index is 254. The highest BCUT2D eigenvalue weighted by Crippen LogP contribution is 2.41. The van der Waals surface area contributed by atoms with Gasteiger partial charge in [0.15, 0.2) is 6.71 Å². The molecule has 0 aliphatic heterocycles. The van der Waals surface area contributed by atoms with Gasteiger partial charge in [0.1, 0.15) is 0 Å². The monoisotopic (exact) mass is 288 g/mol. The maximum atomic E-state index is 2.68. The summed E-state index contributed by atoms with van der Waals surface area (Å²) in [6.45, 7) is 3.23. The van der Waals surface area contributed by atoms with Crippen LogP contribution in [0.2, 0.25) is 11.6 Å². The molecule has 120 valence electrons. The summed E-state index contributed by atoms with van der Waals surface area (Å²) in [7, 11) is 0. The van der Waals surface area contributed by atoms with E-state index in [1.807, 2.05) is 0 Å². The van der Waals surface area contributed by atoms with Crippen molar-refractivity contribution in [2.24, 2.45) is 0 Å². The van der Waals surface area contributed by atoms with E-state index in [0.717, 1.165) is 18.3 Å². The van der Waals surface area contributed by atoms with Crippen molar-refractivity contribution in [2.45, 2.75) is 115 Å². The second kappa shape index (κ2) is 10.5. The first kappa shape index (κ1) is 17.2. The van der Waals surface area contributed by atoms with E-state index in [2.05, 4.69) is 19.0 Å². The lowest BCUT2D eigenvalue weighted by Crippen LogP contribution is -2.28. The smallest absolute Gasteiger partial charge is 0.118 e. The minimum Gasteiger partial charge on any atom is -0.118 e. The van der Waals surface area contributed by atoms with Crippen LogP contribution in [0.3, 0.4) is 0 Å². The predicted octanol–water partition coefficient (Wildman–Crippen LogP) is 7.22. The lowest BCUT2D eigenvalue weighted by molar-refractivity contribution is 0.464. The van der Waals surface area contributed by atoms with Crippen LogP contribution >= 0.6 is 0 Å². The Labute approximate surface area is 134 Å². The van der Waals surface area contributed by atoms with E-state index in [-0.39, 0.29) is 0 Å². The highest BCUT2D eigenvalue weighted by Gasteiger charge is 2.32. The molecular weight excluding hydrogens is 251 g/mol. The molecule has 0 atom stereocenters. The van der Waals surface area contributed by atoms with Crippen molar-refractivity contribution in [1.29, 1.82) is 0 Å². The molecule has 2 rings (SSSR count). The summed E-state index contributed by atoms with van der Waals surface area (Å²) < 4.78 is 0. The maximum absolute atomic E-state index is 2.68. The zero-order chi connectivity index (χ0) is 14.8. The molecule has 0 saturated heterocycles. The SMILES string of the molecule is CCCCCCC=CB(C1CCCCC1)C1CCCCC1. The molecule has 0 spiro atoms. The molecule has 0 heterocycles. The van der Waals surface area contributed by atoms with Crippen LogP contribution in [-0.4, -0.2) is 6.71 Å². The van der Waals surface area contributed by atoms with E-state index in [1.54, 1.807) is 0 Å². The number of unbranched alkanes of at least 4 members (excludes halogenated alkanes) is 4. The van der Waals surface area contributed by atoms with Crippen LogP contribution in [0.5, 0.6) is 0 Å². The summed E-state index contributed by atoms with van der Waals surface area (Å²) in [5.41, 5.74) is 0. The minimum absolute atomic E-state index is 0.928. The Hall–Kier alpha value is -0.195. The zero-order valence-electron chi connectivity index (χ0n) is 14.5. The summed E-state index contributed by atoms with van der Waals surface area (Å²) in [5, 5.41) is 0. The van der Waals surface area contributed by atoms with Crippen LogP contribution in [-0.2, 0) is 0 Å². The van der Waals surface area contributed by atoms with Gasteiger partial charge in [-0.05, 0) is 12.8 Å². The molecule has 2 aliphatic rings. The topological polar surface area (TPSA) is 0 Å². The van der Waals surface area contributed by atoms with Crippen molar-refractivity contribution in [1.82, 2.24) is 0 Å². The third-order valence-corrected chi connectivity index (χ3v) is 5.97. The first-order valence-electron chi connectivity index (χ1n) is 10.1. The summed E-state index contributed by atoms with van der Waals surface area (Å²) in [4.78, 5) is 0. The van der Waals surface area contributed by atoms with E-state index >= 15 is 0 Å². The van der Waals surface area contributed by atoms with E-state index in [4.69, 9.17) is 0 Å². The number of hydrogen-bond acceptors (Lipinski definition) is 0. The average Bonchev–Trinajstić information content (AvgIpc) is 2.56. The highest BCUT2D eigenvalue weighted by atomic mass is 14.2. The predicted molar refractivity (Wildman–Crippen MR) is 97.3 cm³/mol. The molecule has 0 bridgehead atoms. The third-order valence-electron chi connectivity index (χ3n) is 5.97. The second-order valence-electron chi connectivity index (χ2n) is 7.65.